The van der Waals surface area contributed by atoms with E-state index in [-0.39, 0.29) is 11.7 Å². The Balaban J connectivity index is 2.09. The number of hydrogen-bond acceptors (Lipinski definition) is 2. The first-order valence-corrected chi connectivity index (χ1v) is 6.60. The summed E-state index contributed by atoms with van der Waals surface area (Å²) in [5.74, 6) is -0.104. The molecule has 1 aromatic heterocycles. The maximum absolute atomic E-state index is 13.1. The van der Waals surface area contributed by atoms with Crippen LogP contribution in [0.25, 0.3) is 0 Å². The summed E-state index contributed by atoms with van der Waals surface area (Å²) in [6.07, 6.45) is 6.50. The molecule has 98 valence electrons. The van der Waals surface area contributed by atoms with E-state index in [4.69, 9.17) is 0 Å². The van der Waals surface area contributed by atoms with Crippen LogP contribution in [0.1, 0.15) is 30.4 Å². The molecule has 1 heterocycles. The molecule has 1 aliphatic carbocycles. The van der Waals surface area contributed by atoms with Gasteiger partial charge in [0.15, 0.2) is 0 Å². The highest BCUT2D eigenvalue weighted by Gasteiger charge is 2.43. The van der Waals surface area contributed by atoms with Gasteiger partial charge in [-0.05, 0) is 42.5 Å². The summed E-state index contributed by atoms with van der Waals surface area (Å²) in [4.78, 5) is 4.10. The summed E-state index contributed by atoms with van der Waals surface area (Å²) in [7, 11) is 0. The second-order valence-electron chi connectivity index (χ2n) is 5.14. The third-order valence-electron chi connectivity index (χ3n) is 4.08. The molecule has 0 aliphatic heterocycles. The zero-order valence-electron chi connectivity index (χ0n) is 10.6. The fourth-order valence-electron chi connectivity index (χ4n) is 2.76. The zero-order valence-corrected chi connectivity index (χ0v) is 10.6. The van der Waals surface area contributed by atoms with Crippen molar-refractivity contribution in [1.29, 1.82) is 0 Å². The van der Waals surface area contributed by atoms with Gasteiger partial charge in [0.1, 0.15) is 11.4 Å². The van der Waals surface area contributed by atoms with Gasteiger partial charge < -0.3 is 5.11 Å². The lowest BCUT2D eigenvalue weighted by atomic mass is 9.67. The minimum atomic E-state index is -1.06. The van der Waals surface area contributed by atoms with Crippen LogP contribution < -0.4 is 0 Å². The van der Waals surface area contributed by atoms with Crippen LogP contribution in [0, 0.1) is 11.7 Å². The van der Waals surface area contributed by atoms with Gasteiger partial charge in [-0.1, -0.05) is 24.6 Å². The topological polar surface area (TPSA) is 33.1 Å². The van der Waals surface area contributed by atoms with E-state index in [0.29, 0.717) is 0 Å². The van der Waals surface area contributed by atoms with Crippen LogP contribution in [0.15, 0.2) is 48.8 Å². The molecular formula is C16H16FNO. The number of nitrogens with zero attached hydrogens (tertiary/aromatic N) is 1. The molecule has 19 heavy (non-hydrogen) atoms. The fourth-order valence-corrected chi connectivity index (χ4v) is 2.76. The summed E-state index contributed by atoms with van der Waals surface area (Å²) in [5, 5.41) is 11.2. The summed E-state index contributed by atoms with van der Waals surface area (Å²) in [6.45, 7) is 0. The monoisotopic (exact) mass is 257 g/mol. The van der Waals surface area contributed by atoms with Gasteiger partial charge in [0, 0.05) is 18.0 Å². The summed E-state index contributed by atoms with van der Waals surface area (Å²) < 4.78 is 13.1. The van der Waals surface area contributed by atoms with Gasteiger partial charge in [-0.3, -0.25) is 4.98 Å². The molecule has 1 fully saturated rings. The molecule has 1 N–H and O–H groups in total. The van der Waals surface area contributed by atoms with E-state index in [1.165, 1.54) is 12.1 Å². The van der Waals surface area contributed by atoms with Crippen molar-refractivity contribution in [1.82, 2.24) is 4.98 Å². The molecule has 0 amide bonds. The highest BCUT2D eigenvalue weighted by molar-refractivity contribution is 5.36. The van der Waals surface area contributed by atoms with Crippen LogP contribution in [-0.4, -0.2) is 10.1 Å². The molecule has 0 spiro atoms. The third-order valence-corrected chi connectivity index (χ3v) is 4.08. The Bertz CT molecular complexity index is 551. The fraction of sp³-hybridized carbons (Fsp3) is 0.312. The molecule has 2 aromatic rings. The largest absolute Gasteiger partial charge is 0.380 e. The van der Waals surface area contributed by atoms with Crippen LogP contribution in [0.4, 0.5) is 4.39 Å². The number of aromatic nitrogens is 1. The van der Waals surface area contributed by atoms with Crippen molar-refractivity contribution in [3.8, 4) is 0 Å². The second kappa shape index (κ2) is 4.74. The van der Waals surface area contributed by atoms with E-state index in [0.717, 1.165) is 30.4 Å². The van der Waals surface area contributed by atoms with Crippen molar-refractivity contribution >= 4 is 0 Å². The lowest BCUT2D eigenvalue weighted by molar-refractivity contribution is -0.0203. The quantitative estimate of drug-likeness (QED) is 0.915. The molecular weight excluding hydrogens is 241 g/mol. The Morgan fingerprint density at radius 1 is 1.11 bits per heavy atom. The Hall–Kier alpha value is -1.74. The normalized spacial score (nSPS) is 18.6. The third kappa shape index (κ3) is 2.04. The molecule has 1 atom stereocenters. The van der Waals surface area contributed by atoms with Crippen LogP contribution in [0.5, 0.6) is 0 Å². The Labute approximate surface area is 111 Å². The molecule has 0 bridgehead atoms. The van der Waals surface area contributed by atoms with Gasteiger partial charge in [0.2, 0.25) is 0 Å². The predicted molar refractivity (Wildman–Crippen MR) is 71.0 cm³/mol. The first kappa shape index (κ1) is 12.3. The van der Waals surface area contributed by atoms with Crippen LogP contribution in [0.3, 0.4) is 0 Å². The molecule has 3 rings (SSSR count). The van der Waals surface area contributed by atoms with E-state index in [2.05, 4.69) is 4.98 Å². The van der Waals surface area contributed by atoms with Crippen molar-refractivity contribution in [2.45, 2.75) is 24.9 Å². The van der Waals surface area contributed by atoms with E-state index in [1.54, 1.807) is 24.5 Å². The van der Waals surface area contributed by atoms with Crippen molar-refractivity contribution in [3.63, 3.8) is 0 Å². The Morgan fingerprint density at radius 3 is 2.37 bits per heavy atom. The molecule has 1 aromatic carbocycles. The van der Waals surface area contributed by atoms with E-state index >= 15 is 0 Å². The van der Waals surface area contributed by atoms with Crippen LogP contribution in [0.2, 0.25) is 0 Å². The lowest BCUT2D eigenvalue weighted by Crippen LogP contribution is -2.40. The number of pyridine rings is 1. The van der Waals surface area contributed by atoms with E-state index in [9.17, 15) is 9.50 Å². The summed E-state index contributed by atoms with van der Waals surface area (Å²) >= 11 is 0. The van der Waals surface area contributed by atoms with E-state index in [1.807, 2.05) is 12.1 Å². The van der Waals surface area contributed by atoms with Gasteiger partial charge in [-0.2, -0.15) is 0 Å². The van der Waals surface area contributed by atoms with Gasteiger partial charge >= 0.3 is 0 Å². The second-order valence-corrected chi connectivity index (χ2v) is 5.14. The minimum Gasteiger partial charge on any atom is -0.380 e. The molecule has 1 saturated carbocycles. The highest BCUT2D eigenvalue weighted by Crippen LogP contribution is 2.46. The highest BCUT2D eigenvalue weighted by atomic mass is 19.1. The first-order valence-electron chi connectivity index (χ1n) is 6.60. The molecule has 2 nitrogen and oxygen atoms in total. The SMILES string of the molecule is OC(c1ccc(F)cc1)(c1cccnc1)C1CCC1. The maximum atomic E-state index is 13.1. The van der Waals surface area contributed by atoms with Crippen molar-refractivity contribution in [2.75, 3.05) is 0 Å². The molecule has 0 radical (unpaired) electrons. The van der Waals surface area contributed by atoms with Gasteiger partial charge in [-0.15, -0.1) is 0 Å². The standard InChI is InChI=1S/C16H16FNO/c17-15-8-6-13(7-9-15)16(19,12-3-1-4-12)14-5-2-10-18-11-14/h2,5-12,19H,1,3-4H2. The molecule has 1 unspecified atom stereocenters. The summed E-state index contributed by atoms with van der Waals surface area (Å²) in [6, 6.07) is 9.84. The lowest BCUT2D eigenvalue weighted by Gasteiger charge is -2.42. The number of halogens is 1. The minimum absolute atomic E-state index is 0.183. The molecule has 1 aliphatic rings. The van der Waals surface area contributed by atoms with Crippen LogP contribution in [-0.2, 0) is 5.60 Å². The van der Waals surface area contributed by atoms with E-state index < -0.39 is 5.60 Å². The first-order chi connectivity index (χ1) is 9.21. The Kier molecular flexibility index (Phi) is 3.07. The number of hydrogen-bond donors (Lipinski definition) is 1. The average molecular weight is 257 g/mol. The zero-order chi connectivity index (χ0) is 13.3. The summed E-state index contributed by atoms with van der Waals surface area (Å²) in [5.41, 5.74) is 0.470. The number of aliphatic hydroxyl groups is 1. The van der Waals surface area contributed by atoms with Gasteiger partial charge in [-0.25, -0.2) is 4.39 Å². The number of rotatable bonds is 3. The molecule has 0 saturated heterocycles. The van der Waals surface area contributed by atoms with Gasteiger partial charge in [0.25, 0.3) is 0 Å². The van der Waals surface area contributed by atoms with Crippen molar-refractivity contribution in [3.05, 3.63) is 65.7 Å². The van der Waals surface area contributed by atoms with Crippen molar-refractivity contribution in [2.24, 2.45) is 5.92 Å². The maximum Gasteiger partial charge on any atom is 0.123 e. The predicted octanol–water partition coefficient (Wildman–Crippen LogP) is 3.26. The van der Waals surface area contributed by atoms with Crippen LogP contribution >= 0.6 is 0 Å². The van der Waals surface area contributed by atoms with Gasteiger partial charge in [0.05, 0.1) is 0 Å². The Morgan fingerprint density at radius 2 is 1.84 bits per heavy atom. The smallest absolute Gasteiger partial charge is 0.123 e. The number of benzene rings is 1. The molecule has 3 heteroatoms. The average Bonchev–Trinajstić information content (AvgIpc) is 2.38. The van der Waals surface area contributed by atoms with Crippen molar-refractivity contribution < 1.29 is 9.50 Å².